The summed E-state index contributed by atoms with van der Waals surface area (Å²) in [6, 6.07) is 13.8. The van der Waals surface area contributed by atoms with Crippen LogP contribution in [-0.2, 0) is 16.0 Å². The van der Waals surface area contributed by atoms with Gasteiger partial charge >= 0.3 is 5.97 Å². The standard InChI is InChI=1S/C20H16Cl2N6O3/c1-30-20(29)15(9-11-5-3-2-4-6-11)24-17-16(25-18-19(26-17)28-31-27-18)23-12-7-8-13(21)14(22)10-12/h2-8,10,15H,9H2,1H3,(H,23,25,27)(H,24,26,28)/t15-/m0/s1. The van der Waals surface area contributed by atoms with Crippen molar-refractivity contribution in [1.82, 2.24) is 20.3 Å². The summed E-state index contributed by atoms with van der Waals surface area (Å²) in [6.07, 6.45) is 0.372. The number of esters is 1. The van der Waals surface area contributed by atoms with Crippen LogP contribution in [0.25, 0.3) is 11.3 Å². The second-order valence-electron chi connectivity index (χ2n) is 6.50. The van der Waals surface area contributed by atoms with Gasteiger partial charge < -0.3 is 15.4 Å². The summed E-state index contributed by atoms with van der Waals surface area (Å²) in [5.41, 5.74) is 1.94. The fraction of sp³-hybridized carbons (Fsp3) is 0.150. The first kappa shape index (κ1) is 20.8. The van der Waals surface area contributed by atoms with Crippen LogP contribution in [0.3, 0.4) is 0 Å². The van der Waals surface area contributed by atoms with E-state index in [1.807, 2.05) is 30.3 Å². The number of rotatable bonds is 7. The largest absolute Gasteiger partial charge is 0.467 e. The van der Waals surface area contributed by atoms with Gasteiger partial charge in [-0.2, -0.15) is 0 Å². The van der Waals surface area contributed by atoms with Crippen LogP contribution in [-0.4, -0.2) is 39.4 Å². The average molecular weight is 459 g/mol. The molecule has 2 aromatic carbocycles. The molecule has 0 amide bonds. The van der Waals surface area contributed by atoms with E-state index >= 15 is 0 Å². The van der Waals surface area contributed by atoms with Gasteiger partial charge in [-0.15, -0.1) is 0 Å². The predicted molar refractivity (Wildman–Crippen MR) is 117 cm³/mol. The van der Waals surface area contributed by atoms with Crippen LogP contribution in [0.5, 0.6) is 0 Å². The molecule has 11 heteroatoms. The summed E-state index contributed by atoms with van der Waals surface area (Å²) in [7, 11) is 1.33. The molecule has 4 rings (SSSR count). The lowest BCUT2D eigenvalue weighted by atomic mass is 10.1. The summed E-state index contributed by atoms with van der Waals surface area (Å²) < 4.78 is 9.69. The Balaban J connectivity index is 1.69. The number of methoxy groups -OCH3 is 1. The molecule has 0 saturated carbocycles. The molecule has 0 aliphatic rings. The highest BCUT2D eigenvalue weighted by molar-refractivity contribution is 6.42. The molecule has 158 valence electrons. The van der Waals surface area contributed by atoms with Crippen LogP contribution in [0.1, 0.15) is 5.56 Å². The molecule has 1 atom stereocenters. The summed E-state index contributed by atoms with van der Waals surface area (Å²) in [5.74, 6) is 0.105. The molecule has 0 aliphatic carbocycles. The van der Waals surface area contributed by atoms with E-state index in [1.165, 1.54) is 7.11 Å². The zero-order valence-corrected chi connectivity index (χ0v) is 17.7. The van der Waals surface area contributed by atoms with Crippen molar-refractivity contribution < 1.29 is 14.2 Å². The first-order valence-corrected chi connectivity index (χ1v) is 9.90. The number of benzene rings is 2. The van der Waals surface area contributed by atoms with Crippen molar-refractivity contribution in [2.75, 3.05) is 17.7 Å². The molecule has 0 bridgehead atoms. The highest BCUT2D eigenvalue weighted by Crippen LogP contribution is 2.29. The maximum absolute atomic E-state index is 12.5. The predicted octanol–water partition coefficient (Wildman–Crippen LogP) is 4.26. The Morgan fingerprint density at radius 2 is 1.74 bits per heavy atom. The van der Waals surface area contributed by atoms with Crippen LogP contribution in [0, 0.1) is 0 Å². The van der Waals surface area contributed by atoms with Gasteiger partial charge in [0.05, 0.1) is 17.2 Å². The number of fused-ring (bicyclic) bond motifs is 1. The molecule has 2 aromatic heterocycles. The number of carbonyl (C=O) groups is 1. The third kappa shape index (κ3) is 4.84. The van der Waals surface area contributed by atoms with Gasteiger partial charge in [-0.05, 0) is 34.1 Å². The first-order chi connectivity index (χ1) is 15.0. The highest BCUT2D eigenvalue weighted by Gasteiger charge is 2.23. The van der Waals surface area contributed by atoms with Crippen LogP contribution in [0.2, 0.25) is 10.0 Å². The molecule has 0 fully saturated rings. The summed E-state index contributed by atoms with van der Waals surface area (Å²) in [5, 5.41) is 14.4. The highest BCUT2D eigenvalue weighted by atomic mass is 35.5. The molecule has 0 spiro atoms. The van der Waals surface area contributed by atoms with E-state index in [0.717, 1.165) is 5.56 Å². The van der Waals surface area contributed by atoms with Gasteiger partial charge in [0.25, 0.3) is 0 Å². The third-order valence-corrected chi connectivity index (χ3v) is 5.11. The van der Waals surface area contributed by atoms with E-state index in [2.05, 4.69) is 30.9 Å². The first-order valence-electron chi connectivity index (χ1n) is 9.14. The SMILES string of the molecule is COC(=O)[C@H](Cc1ccccc1)Nc1nc2nonc2nc1Nc1ccc(Cl)c(Cl)c1. The topological polar surface area (TPSA) is 115 Å². The molecule has 0 radical (unpaired) electrons. The minimum atomic E-state index is -0.728. The Hall–Kier alpha value is -3.43. The van der Waals surface area contributed by atoms with E-state index in [9.17, 15) is 4.79 Å². The maximum atomic E-state index is 12.5. The van der Waals surface area contributed by atoms with Crippen LogP contribution < -0.4 is 10.6 Å². The Morgan fingerprint density at radius 3 is 2.42 bits per heavy atom. The Labute approximate surface area is 186 Å². The number of hydrogen-bond donors (Lipinski definition) is 2. The van der Waals surface area contributed by atoms with Crippen molar-refractivity contribution in [1.29, 1.82) is 0 Å². The number of nitrogens with one attached hydrogen (secondary N) is 2. The fourth-order valence-electron chi connectivity index (χ4n) is 2.89. The molecule has 0 saturated heterocycles. The second kappa shape index (κ2) is 9.15. The third-order valence-electron chi connectivity index (χ3n) is 4.38. The van der Waals surface area contributed by atoms with Crippen molar-refractivity contribution >= 4 is 57.8 Å². The van der Waals surface area contributed by atoms with Gasteiger partial charge in [-0.25, -0.2) is 19.4 Å². The van der Waals surface area contributed by atoms with Crippen LogP contribution >= 0.6 is 23.2 Å². The number of hydrogen-bond acceptors (Lipinski definition) is 9. The number of halogens is 2. The van der Waals surface area contributed by atoms with Crippen molar-refractivity contribution in [3.05, 3.63) is 64.1 Å². The summed E-state index contributed by atoms with van der Waals surface area (Å²) in [4.78, 5) is 21.2. The van der Waals surface area contributed by atoms with Crippen LogP contribution in [0.15, 0.2) is 53.2 Å². The lowest BCUT2D eigenvalue weighted by Gasteiger charge is -2.19. The number of nitrogens with zero attached hydrogens (tertiary/aromatic N) is 4. The Bertz CT molecular complexity index is 1220. The normalized spacial score (nSPS) is 11.8. The Morgan fingerprint density at radius 1 is 1.03 bits per heavy atom. The molecule has 0 aliphatic heterocycles. The molecular formula is C20H16Cl2N6O3. The maximum Gasteiger partial charge on any atom is 0.328 e. The average Bonchev–Trinajstić information content (AvgIpc) is 3.23. The quantitative estimate of drug-likeness (QED) is 0.391. The number of ether oxygens (including phenoxy) is 1. The lowest BCUT2D eigenvalue weighted by Crippen LogP contribution is -2.33. The van der Waals surface area contributed by atoms with Crippen molar-refractivity contribution in [3.63, 3.8) is 0 Å². The van der Waals surface area contributed by atoms with Crippen molar-refractivity contribution in [2.24, 2.45) is 0 Å². The van der Waals surface area contributed by atoms with Gasteiger partial charge in [0.1, 0.15) is 6.04 Å². The molecule has 0 unspecified atom stereocenters. The van der Waals surface area contributed by atoms with Gasteiger partial charge in [0.2, 0.25) is 11.3 Å². The van der Waals surface area contributed by atoms with Crippen molar-refractivity contribution in [2.45, 2.75) is 12.5 Å². The van der Waals surface area contributed by atoms with Gasteiger partial charge in [-0.1, -0.05) is 53.5 Å². The summed E-state index contributed by atoms with van der Waals surface area (Å²) >= 11 is 12.1. The zero-order chi connectivity index (χ0) is 21.8. The number of anilines is 3. The monoisotopic (exact) mass is 458 g/mol. The lowest BCUT2D eigenvalue weighted by molar-refractivity contribution is -0.141. The van der Waals surface area contributed by atoms with E-state index in [4.69, 9.17) is 32.6 Å². The second-order valence-corrected chi connectivity index (χ2v) is 7.31. The van der Waals surface area contributed by atoms with Gasteiger partial charge in [-0.3, -0.25) is 0 Å². The Kier molecular flexibility index (Phi) is 6.15. The molecule has 4 aromatic rings. The van der Waals surface area contributed by atoms with Gasteiger partial charge in [0.15, 0.2) is 11.6 Å². The van der Waals surface area contributed by atoms with E-state index in [1.54, 1.807) is 18.2 Å². The molecular weight excluding hydrogens is 443 g/mol. The van der Waals surface area contributed by atoms with E-state index in [0.29, 0.717) is 28.0 Å². The summed E-state index contributed by atoms with van der Waals surface area (Å²) in [6.45, 7) is 0. The molecule has 31 heavy (non-hydrogen) atoms. The minimum Gasteiger partial charge on any atom is -0.467 e. The van der Waals surface area contributed by atoms with Gasteiger partial charge in [0, 0.05) is 12.1 Å². The smallest absolute Gasteiger partial charge is 0.328 e. The molecule has 2 N–H and O–H groups in total. The van der Waals surface area contributed by atoms with Crippen LogP contribution in [0.4, 0.5) is 17.3 Å². The number of carbonyl (C=O) groups excluding carboxylic acids is 1. The fourth-order valence-corrected chi connectivity index (χ4v) is 3.18. The number of aromatic nitrogens is 4. The van der Waals surface area contributed by atoms with E-state index < -0.39 is 12.0 Å². The zero-order valence-electron chi connectivity index (χ0n) is 16.2. The van der Waals surface area contributed by atoms with Crippen molar-refractivity contribution in [3.8, 4) is 0 Å². The molecule has 2 heterocycles. The van der Waals surface area contributed by atoms with E-state index in [-0.39, 0.29) is 17.1 Å². The molecule has 9 nitrogen and oxygen atoms in total. The minimum absolute atomic E-state index is 0.186.